The summed E-state index contributed by atoms with van der Waals surface area (Å²) in [6, 6.07) is 22.3. The van der Waals surface area contributed by atoms with Crippen molar-refractivity contribution in [3.05, 3.63) is 106 Å². The van der Waals surface area contributed by atoms with Crippen molar-refractivity contribution in [2.45, 2.75) is 51.7 Å². The lowest BCUT2D eigenvalue weighted by molar-refractivity contribution is 0.0288. The summed E-state index contributed by atoms with van der Waals surface area (Å²) in [6.45, 7) is 8.13. The second-order valence-corrected chi connectivity index (χ2v) is 13.0. The fraction of sp³-hybridized carbons (Fsp3) is 0.381. The Hall–Kier alpha value is -5.02. The van der Waals surface area contributed by atoms with Crippen molar-refractivity contribution >= 4 is 11.6 Å². The molecule has 9 nitrogen and oxygen atoms in total. The molecule has 0 spiro atoms. The van der Waals surface area contributed by atoms with E-state index in [-0.39, 0.29) is 35.6 Å². The van der Waals surface area contributed by atoms with Crippen molar-refractivity contribution in [3.8, 4) is 34.5 Å². The molecule has 1 aliphatic heterocycles. The fourth-order valence-electron chi connectivity index (χ4n) is 7.01. The van der Waals surface area contributed by atoms with Crippen molar-refractivity contribution in [2.24, 2.45) is 11.8 Å². The number of ether oxygens (including phenoxy) is 7. The van der Waals surface area contributed by atoms with Gasteiger partial charge in [-0.2, -0.15) is 0 Å². The number of carbonyl (C=O) groups excluding carboxylic acids is 2. The van der Waals surface area contributed by atoms with Crippen molar-refractivity contribution < 1.29 is 42.7 Å². The maximum Gasteiger partial charge on any atom is 0.170 e. The number of benzene rings is 4. The van der Waals surface area contributed by atoms with E-state index in [4.69, 9.17) is 33.2 Å². The van der Waals surface area contributed by atoms with E-state index in [0.29, 0.717) is 45.6 Å². The molecule has 0 aromatic heterocycles. The quantitative estimate of drug-likeness (QED) is 0.120. The molecule has 0 radical (unpaired) electrons. The Bertz CT molecular complexity index is 1750. The summed E-state index contributed by atoms with van der Waals surface area (Å²) >= 11 is 0. The van der Waals surface area contributed by atoms with Crippen LogP contribution in [0.3, 0.4) is 0 Å². The zero-order chi connectivity index (χ0) is 37.0. The van der Waals surface area contributed by atoms with E-state index < -0.39 is 11.8 Å². The molecule has 0 amide bonds. The lowest BCUT2D eigenvalue weighted by atomic mass is 9.83. The van der Waals surface area contributed by atoms with Crippen LogP contribution in [0.15, 0.2) is 72.8 Å². The van der Waals surface area contributed by atoms with Crippen LogP contribution in [0.25, 0.3) is 0 Å². The van der Waals surface area contributed by atoms with E-state index in [0.717, 1.165) is 22.3 Å². The van der Waals surface area contributed by atoms with Crippen LogP contribution in [0.4, 0.5) is 0 Å². The first-order valence-electron chi connectivity index (χ1n) is 17.0. The molecule has 0 unspecified atom stereocenters. The summed E-state index contributed by atoms with van der Waals surface area (Å²) in [5, 5.41) is 0. The smallest absolute Gasteiger partial charge is 0.170 e. The highest BCUT2D eigenvalue weighted by molar-refractivity contribution is 6.02. The van der Waals surface area contributed by atoms with Gasteiger partial charge in [0.15, 0.2) is 34.6 Å². The van der Waals surface area contributed by atoms with E-state index in [2.05, 4.69) is 13.8 Å². The fourth-order valence-corrected chi connectivity index (χ4v) is 7.01. The number of rotatable bonds is 14. The molecule has 9 heteroatoms. The van der Waals surface area contributed by atoms with Crippen molar-refractivity contribution in [1.82, 2.24) is 0 Å². The van der Waals surface area contributed by atoms with Gasteiger partial charge >= 0.3 is 0 Å². The molecular formula is C42H48O9. The normalized spacial score (nSPS) is 19.5. The monoisotopic (exact) mass is 696 g/mol. The third-order valence-electron chi connectivity index (χ3n) is 10.3. The third-order valence-corrected chi connectivity index (χ3v) is 10.3. The van der Waals surface area contributed by atoms with Gasteiger partial charge in [-0.15, -0.1) is 0 Å². The molecule has 0 aliphatic carbocycles. The van der Waals surface area contributed by atoms with E-state index in [9.17, 15) is 9.59 Å². The first-order chi connectivity index (χ1) is 24.5. The van der Waals surface area contributed by atoms with Gasteiger partial charge in [0.2, 0.25) is 0 Å². The molecule has 0 saturated carbocycles. The Balaban J connectivity index is 1.36. The number of ketones is 2. The van der Waals surface area contributed by atoms with Gasteiger partial charge in [0.05, 0.1) is 54.9 Å². The van der Waals surface area contributed by atoms with Crippen LogP contribution < -0.4 is 28.4 Å². The average Bonchev–Trinajstić information content (AvgIpc) is 3.48. The van der Waals surface area contributed by atoms with Crippen LogP contribution in [-0.4, -0.2) is 54.2 Å². The van der Waals surface area contributed by atoms with Gasteiger partial charge in [-0.3, -0.25) is 9.59 Å². The average molecular weight is 697 g/mol. The molecule has 0 N–H and O–H groups in total. The SMILES string of the molecule is COc1ccc(C(=O)[C@H](C)c2ccc([C@H]3O[C@H](c4ccc([C@@H](C)C(=O)c5ccc(OC)c(OC)c5)c(OC)c4)[C@H](C)[C@H]3C)cc2OC)cc1OC. The van der Waals surface area contributed by atoms with Crippen LogP contribution in [0.2, 0.25) is 0 Å². The number of methoxy groups -OCH3 is 6. The van der Waals surface area contributed by atoms with Crippen LogP contribution in [-0.2, 0) is 4.74 Å². The summed E-state index contributed by atoms with van der Waals surface area (Å²) in [5.41, 5.74) is 4.57. The predicted octanol–water partition coefficient (Wildman–Crippen LogP) is 8.80. The Kier molecular flexibility index (Phi) is 11.6. The summed E-state index contributed by atoms with van der Waals surface area (Å²) < 4.78 is 40.0. The molecule has 4 aromatic carbocycles. The maximum atomic E-state index is 13.6. The molecule has 1 aliphatic rings. The largest absolute Gasteiger partial charge is 0.496 e. The molecule has 0 bridgehead atoms. The van der Waals surface area contributed by atoms with Crippen molar-refractivity contribution in [3.63, 3.8) is 0 Å². The first kappa shape index (κ1) is 37.2. The number of Topliss-reactive ketones (excluding diaryl/α,β-unsaturated/α-hetero) is 2. The second-order valence-electron chi connectivity index (χ2n) is 13.0. The van der Waals surface area contributed by atoms with E-state index in [1.807, 2.05) is 50.2 Å². The van der Waals surface area contributed by atoms with Gasteiger partial charge < -0.3 is 33.2 Å². The van der Waals surface area contributed by atoms with Gasteiger partial charge in [0.25, 0.3) is 0 Å². The summed E-state index contributed by atoms with van der Waals surface area (Å²) in [6.07, 6.45) is -0.415. The van der Waals surface area contributed by atoms with Crippen LogP contribution in [0, 0.1) is 11.8 Å². The zero-order valence-electron chi connectivity index (χ0n) is 31.1. The van der Waals surface area contributed by atoms with Crippen molar-refractivity contribution in [1.29, 1.82) is 0 Å². The maximum absolute atomic E-state index is 13.6. The van der Waals surface area contributed by atoms with Gasteiger partial charge in [0.1, 0.15) is 11.5 Å². The number of carbonyl (C=O) groups is 2. The van der Waals surface area contributed by atoms with Crippen LogP contribution in [0.1, 0.15) is 94.7 Å². The van der Waals surface area contributed by atoms with Crippen molar-refractivity contribution in [2.75, 3.05) is 42.7 Å². The summed E-state index contributed by atoms with van der Waals surface area (Å²) in [4.78, 5) is 27.2. The molecule has 1 heterocycles. The topological polar surface area (TPSA) is 98.8 Å². The van der Waals surface area contributed by atoms with Gasteiger partial charge in [-0.1, -0.05) is 52.0 Å². The lowest BCUT2D eigenvalue weighted by Gasteiger charge is -2.21. The minimum absolute atomic E-state index is 0.0571. The third kappa shape index (κ3) is 7.26. The van der Waals surface area contributed by atoms with E-state index >= 15 is 0 Å². The number of hydrogen-bond acceptors (Lipinski definition) is 9. The Labute approximate surface area is 300 Å². The standard InChI is InChI=1S/C42H48O9/c1-23-24(2)42(30-12-16-32(36(22-30)48-8)26(4)40(44)28-14-18-34(46-6)38(20-28)50-10)51-41(23)29-11-15-31(35(21-29)47-7)25(3)39(43)27-13-17-33(45-5)37(19-27)49-9/h11-26,41-42H,1-10H3/t23-,24-,25-,26-,41+,42+/m1/s1. The molecular weight excluding hydrogens is 648 g/mol. The summed E-state index contributed by atoms with van der Waals surface area (Å²) in [5.74, 6) is 2.67. The van der Waals surface area contributed by atoms with Gasteiger partial charge in [-0.05, 0) is 71.5 Å². The highest BCUT2D eigenvalue weighted by Gasteiger charge is 2.41. The van der Waals surface area contributed by atoms with Gasteiger partial charge in [-0.25, -0.2) is 0 Å². The molecule has 5 rings (SSSR count). The molecule has 1 saturated heterocycles. The molecule has 4 aromatic rings. The Morgan fingerprint density at radius 1 is 0.490 bits per heavy atom. The molecule has 51 heavy (non-hydrogen) atoms. The minimum atomic E-state index is -0.465. The minimum Gasteiger partial charge on any atom is -0.496 e. The number of hydrogen-bond donors (Lipinski definition) is 0. The highest BCUT2D eigenvalue weighted by atomic mass is 16.5. The Morgan fingerprint density at radius 2 is 0.843 bits per heavy atom. The zero-order valence-corrected chi connectivity index (χ0v) is 31.1. The van der Waals surface area contributed by atoms with Crippen LogP contribution >= 0.6 is 0 Å². The lowest BCUT2D eigenvalue weighted by Crippen LogP contribution is -2.13. The predicted molar refractivity (Wildman–Crippen MR) is 195 cm³/mol. The van der Waals surface area contributed by atoms with E-state index in [1.54, 1.807) is 79.1 Å². The van der Waals surface area contributed by atoms with E-state index in [1.165, 1.54) is 0 Å². The molecule has 1 fully saturated rings. The second kappa shape index (κ2) is 15.9. The van der Waals surface area contributed by atoms with Crippen LogP contribution in [0.5, 0.6) is 34.5 Å². The molecule has 270 valence electrons. The molecule has 6 atom stereocenters. The first-order valence-corrected chi connectivity index (χ1v) is 17.0. The Morgan fingerprint density at radius 3 is 1.18 bits per heavy atom. The van der Waals surface area contributed by atoms with Gasteiger partial charge in [0, 0.05) is 34.1 Å². The summed E-state index contributed by atoms with van der Waals surface area (Å²) in [7, 11) is 9.45. The highest BCUT2D eigenvalue weighted by Crippen LogP contribution is 2.50.